The molecule has 1 aliphatic carbocycles. The lowest BCUT2D eigenvalue weighted by Crippen LogP contribution is -2.21. The molecule has 2 aliphatic rings. The van der Waals surface area contributed by atoms with Gasteiger partial charge in [-0.3, -0.25) is 0 Å². The predicted molar refractivity (Wildman–Crippen MR) is 119 cm³/mol. The highest BCUT2D eigenvalue weighted by Crippen LogP contribution is 2.38. The molecule has 2 heteroatoms. The summed E-state index contributed by atoms with van der Waals surface area (Å²) in [5.41, 5.74) is 1.51. The smallest absolute Gasteiger partial charge is 0.0406 e. The van der Waals surface area contributed by atoms with Crippen LogP contribution in [0.5, 0.6) is 0 Å². The Morgan fingerprint density at radius 2 is 1.42 bits per heavy atom. The molecule has 0 bridgehead atoms. The van der Waals surface area contributed by atoms with Gasteiger partial charge in [0, 0.05) is 13.8 Å². The van der Waals surface area contributed by atoms with E-state index in [4.69, 9.17) is 11.6 Å². The molecule has 0 aromatic heterocycles. The summed E-state index contributed by atoms with van der Waals surface area (Å²) in [6.45, 7) is 2.38. The molecule has 146 valence electrons. The Bertz CT molecular complexity index is 495. The minimum absolute atomic E-state index is 0.271. The molecule has 1 saturated heterocycles. The summed E-state index contributed by atoms with van der Waals surface area (Å²) < 4.78 is 0. The lowest BCUT2D eigenvalue weighted by molar-refractivity contribution is 0.297. The zero-order valence-electron chi connectivity index (χ0n) is 16.9. The van der Waals surface area contributed by atoms with Crippen molar-refractivity contribution in [2.75, 3.05) is 0 Å². The number of halogens is 1. The zero-order valence-corrected chi connectivity index (χ0v) is 18.8. The van der Waals surface area contributed by atoms with Crippen molar-refractivity contribution in [3.63, 3.8) is 0 Å². The molecule has 1 saturated carbocycles. The lowest BCUT2D eigenvalue weighted by Gasteiger charge is -2.29. The third-order valence-electron chi connectivity index (χ3n) is 7.33. The van der Waals surface area contributed by atoms with Crippen molar-refractivity contribution in [1.29, 1.82) is 0 Å². The highest BCUT2D eigenvalue weighted by Gasteiger charge is 2.23. The number of hydrogen-bond donors (Lipinski definition) is 0. The Morgan fingerprint density at radius 1 is 0.846 bits per heavy atom. The molecule has 1 aliphatic heterocycles. The highest BCUT2D eigenvalue weighted by molar-refractivity contribution is 6.58. The SMILES string of the molecule is CCC[SiH]1CCC(CCCCC2CCC(c3ccc(Cl)cc3)CC2)CC1. The zero-order chi connectivity index (χ0) is 18.2. The van der Waals surface area contributed by atoms with Crippen molar-refractivity contribution in [2.24, 2.45) is 11.8 Å². The van der Waals surface area contributed by atoms with Gasteiger partial charge in [0.2, 0.25) is 0 Å². The first-order valence-electron chi connectivity index (χ1n) is 11.5. The normalized spacial score (nSPS) is 29.6. The van der Waals surface area contributed by atoms with Crippen molar-refractivity contribution < 1.29 is 0 Å². The van der Waals surface area contributed by atoms with Crippen LogP contribution in [0.4, 0.5) is 0 Å². The van der Waals surface area contributed by atoms with Gasteiger partial charge in [-0.2, -0.15) is 0 Å². The van der Waals surface area contributed by atoms with Crippen molar-refractivity contribution >= 4 is 20.4 Å². The van der Waals surface area contributed by atoms with Gasteiger partial charge in [-0.05, 0) is 61.1 Å². The van der Waals surface area contributed by atoms with E-state index in [9.17, 15) is 0 Å². The quantitative estimate of drug-likeness (QED) is 0.309. The highest BCUT2D eigenvalue weighted by atomic mass is 35.5. The van der Waals surface area contributed by atoms with Crippen LogP contribution in [0.25, 0.3) is 0 Å². The molecule has 0 radical (unpaired) electrons. The lowest BCUT2D eigenvalue weighted by atomic mass is 9.77. The van der Waals surface area contributed by atoms with Crippen molar-refractivity contribution in [2.45, 2.75) is 102 Å². The first-order valence-corrected chi connectivity index (χ1v) is 14.3. The van der Waals surface area contributed by atoms with E-state index < -0.39 is 0 Å². The van der Waals surface area contributed by atoms with Crippen molar-refractivity contribution in [1.82, 2.24) is 0 Å². The first-order chi connectivity index (χ1) is 12.7. The minimum atomic E-state index is -0.271. The molecule has 0 nitrogen and oxygen atoms in total. The van der Waals surface area contributed by atoms with E-state index in [1.165, 1.54) is 63.4 Å². The number of rotatable bonds is 8. The Balaban J connectivity index is 1.26. The summed E-state index contributed by atoms with van der Waals surface area (Å²) in [5, 5.41) is 0.864. The van der Waals surface area contributed by atoms with Gasteiger partial charge in [0.25, 0.3) is 0 Å². The van der Waals surface area contributed by atoms with Crippen LogP contribution in [-0.2, 0) is 0 Å². The average molecular weight is 391 g/mol. The van der Waals surface area contributed by atoms with Gasteiger partial charge in [0.15, 0.2) is 0 Å². The third-order valence-corrected chi connectivity index (χ3v) is 11.3. The fraction of sp³-hybridized carbons (Fsp3) is 0.750. The van der Waals surface area contributed by atoms with E-state index in [1.807, 2.05) is 0 Å². The fourth-order valence-electron chi connectivity index (χ4n) is 5.60. The molecule has 1 heterocycles. The van der Waals surface area contributed by atoms with Gasteiger partial charge >= 0.3 is 0 Å². The van der Waals surface area contributed by atoms with E-state index >= 15 is 0 Å². The monoisotopic (exact) mass is 390 g/mol. The number of unbranched alkanes of at least 4 members (excludes halogenated alkanes) is 1. The van der Waals surface area contributed by atoms with Crippen LogP contribution in [0, 0.1) is 11.8 Å². The molecule has 2 fully saturated rings. The second-order valence-corrected chi connectivity index (χ2v) is 13.1. The molecule has 1 aromatic carbocycles. The van der Waals surface area contributed by atoms with Crippen LogP contribution >= 0.6 is 11.6 Å². The topological polar surface area (TPSA) is 0 Å². The molecular formula is C24H39ClSi. The van der Waals surface area contributed by atoms with E-state index in [2.05, 4.69) is 31.2 Å². The fourth-order valence-corrected chi connectivity index (χ4v) is 9.30. The van der Waals surface area contributed by atoms with Crippen LogP contribution in [0.15, 0.2) is 24.3 Å². The summed E-state index contributed by atoms with van der Waals surface area (Å²) in [6.07, 6.45) is 16.3. The van der Waals surface area contributed by atoms with E-state index in [0.717, 1.165) is 22.8 Å². The van der Waals surface area contributed by atoms with Crippen molar-refractivity contribution in [3.8, 4) is 0 Å². The molecule has 0 atom stereocenters. The van der Waals surface area contributed by atoms with Gasteiger partial charge in [-0.1, -0.05) is 93.7 Å². The summed E-state index contributed by atoms with van der Waals surface area (Å²) in [6, 6.07) is 13.5. The van der Waals surface area contributed by atoms with Crippen LogP contribution in [0.1, 0.15) is 89.0 Å². The largest absolute Gasteiger partial charge is 0.0843 e. The summed E-state index contributed by atoms with van der Waals surface area (Å²) in [4.78, 5) is 0. The predicted octanol–water partition coefficient (Wildman–Crippen LogP) is 8.22. The van der Waals surface area contributed by atoms with Gasteiger partial charge < -0.3 is 0 Å². The number of hydrogen-bond acceptors (Lipinski definition) is 0. The molecule has 0 spiro atoms. The van der Waals surface area contributed by atoms with Gasteiger partial charge in [-0.15, -0.1) is 0 Å². The van der Waals surface area contributed by atoms with Gasteiger partial charge in [-0.25, -0.2) is 0 Å². The second-order valence-electron chi connectivity index (χ2n) is 9.23. The Kier molecular flexibility index (Phi) is 8.58. The van der Waals surface area contributed by atoms with Crippen LogP contribution in [-0.4, -0.2) is 8.80 Å². The average Bonchev–Trinajstić information content (AvgIpc) is 2.68. The molecule has 0 unspecified atom stereocenters. The Morgan fingerprint density at radius 3 is 2.00 bits per heavy atom. The number of benzene rings is 1. The molecule has 0 N–H and O–H groups in total. The standard InChI is InChI=1S/C24H39ClSi/c1-2-17-26-18-15-21(16-19-26)6-4-3-5-20-7-9-22(10-8-20)23-11-13-24(25)14-12-23/h11-14,20-22,26H,2-10,15-19H2,1H3. The van der Waals surface area contributed by atoms with E-state index in [-0.39, 0.29) is 8.80 Å². The van der Waals surface area contributed by atoms with Gasteiger partial charge in [0.1, 0.15) is 0 Å². The van der Waals surface area contributed by atoms with Crippen LogP contribution in [0.2, 0.25) is 23.2 Å². The Labute approximate surface area is 168 Å². The maximum Gasteiger partial charge on any atom is 0.0406 e. The minimum Gasteiger partial charge on any atom is -0.0843 e. The van der Waals surface area contributed by atoms with Crippen molar-refractivity contribution in [3.05, 3.63) is 34.9 Å². The van der Waals surface area contributed by atoms with E-state index in [0.29, 0.717) is 0 Å². The summed E-state index contributed by atoms with van der Waals surface area (Å²) in [7, 11) is -0.271. The molecule has 1 aromatic rings. The molecule has 0 amide bonds. The third kappa shape index (κ3) is 6.41. The van der Waals surface area contributed by atoms with E-state index in [1.54, 1.807) is 31.0 Å². The maximum absolute atomic E-state index is 6.02. The molecule has 3 rings (SSSR count). The summed E-state index contributed by atoms with van der Waals surface area (Å²) in [5.74, 6) is 2.88. The molecule has 26 heavy (non-hydrogen) atoms. The van der Waals surface area contributed by atoms with Crippen LogP contribution in [0.3, 0.4) is 0 Å². The Hall–Kier alpha value is -0.273. The molecular weight excluding hydrogens is 352 g/mol. The maximum atomic E-state index is 6.02. The first kappa shape index (κ1) is 20.5. The second kappa shape index (κ2) is 10.9. The summed E-state index contributed by atoms with van der Waals surface area (Å²) >= 11 is 6.02. The van der Waals surface area contributed by atoms with Crippen LogP contribution < -0.4 is 0 Å². The van der Waals surface area contributed by atoms with Gasteiger partial charge in [0.05, 0.1) is 0 Å².